The lowest BCUT2D eigenvalue weighted by molar-refractivity contribution is 0.0187. The molecule has 1 aliphatic rings. The van der Waals surface area contributed by atoms with Gasteiger partial charge in [0.1, 0.15) is 5.60 Å². The van der Waals surface area contributed by atoms with E-state index >= 15 is 0 Å². The smallest absolute Gasteiger partial charge is 0.410 e. The van der Waals surface area contributed by atoms with Crippen LogP contribution in [-0.4, -0.2) is 35.7 Å². The number of halogens is 1. The molecule has 1 aromatic rings. The summed E-state index contributed by atoms with van der Waals surface area (Å²) in [6, 6.07) is 2.29. The predicted octanol–water partition coefficient (Wildman–Crippen LogP) is 3.89. The third-order valence-electron chi connectivity index (χ3n) is 3.26. The van der Waals surface area contributed by atoms with E-state index in [1.807, 2.05) is 32.2 Å². The lowest BCUT2D eigenvalue weighted by atomic mass is 10.1. The van der Waals surface area contributed by atoms with Crippen LogP contribution in [0.2, 0.25) is 5.02 Å². The van der Waals surface area contributed by atoms with Gasteiger partial charge in [0.2, 0.25) is 0 Å². The van der Waals surface area contributed by atoms with Crippen molar-refractivity contribution >= 4 is 29.0 Å². The lowest BCUT2D eigenvalue weighted by Gasteiger charge is -2.34. The van der Waals surface area contributed by atoms with Gasteiger partial charge < -0.3 is 15.0 Å². The number of likely N-dealkylation sites (tertiary alicyclic amines) is 1. The first kappa shape index (κ1) is 16.6. The number of nitrogens with one attached hydrogen (secondary N) is 1. The van der Waals surface area contributed by atoms with Crippen LogP contribution in [-0.2, 0) is 11.3 Å². The maximum absolute atomic E-state index is 12.1. The Morgan fingerprint density at radius 1 is 1.57 bits per heavy atom. The van der Waals surface area contributed by atoms with Crippen LogP contribution in [0.1, 0.15) is 38.5 Å². The molecule has 6 heteroatoms. The number of thiophene rings is 1. The molecule has 0 aliphatic carbocycles. The van der Waals surface area contributed by atoms with Crippen molar-refractivity contribution in [2.45, 2.75) is 51.8 Å². The standard InChI is InChI=1S/C15H23ClN2O2S/c1-15(2,3)20-14(19)18-6-4-5-12(9-18)17-8-13-7-11(16)10-21-13/h7,10,12,17H,4-6,8-9H2,1-3H3. The molecule has 0 bridgehead atoms. The van der Waals surface area contributed by atoms with Crippen LogP contribution >= 0.6 is 22.9 Å². The Labute approximate surface area is 135 Å². The van der Waals surface area contributed by atoms with Gasteiger partial charge in [-0.1, -0.05) is 11.6 Å². The zero-order valence-electron chi connectivity index (χ0n) is 12.8. The number of carbonyl (C=O) groups is 1. The van der Waals surface area contributed by atoms with E-state index in [1.165, 1.54) is 4.88 Å². The van der Waals surface area contributed by atoms with Gasteiger partial charge in [-0.15, -0.1) is 11.3 Å². The van der Waals surface area contributed by atoms with E-state index in [9.17, 15) is 4.79 Å². The number of hydrogen-bond donors (Lipinski definition) is 1. The Hall–Kier alpha value is -0.780. The fourth-order valence-corrected chi connectivity index (χ4v) is 3.35. The maximum Gasteiger partial charge on any atom is 0.410 e. The fourth-order valence-electron chi connectivity index (χ4n) is 2.33. The van der Waals surface area contributed by atoms with E-state index in [0.717, 1.165) is 31.0 Å². The van der Waals surface area contributed by atoms with E-state index in [0.29, 0.717) is 12.6 Å². The minimum Gasteiger partial charge on any atom is -0.444 e. The molecule has 1 unspecified atom stereocenters. The third kappa shape index (κ3) is 5.49. The summed E-state index contributed by atoms with van der Waals surface area (Å²) in [6.45, 7) is 7.96. The molecule has 21 heavy (non-hydrogen) atoms. The Kier molecular flexibility index (Phi) is 5.52. The van der Waals surface area contributed by atoms with Crippen molar-refractivity contribution in [2.75, 3.05) is 13.1 Å². The number of rotatable bonds is 3. The van der Waals surface area contributed by atoms with Crippen molar-refractivity contribution in [3.63, 3.8) is 0 Å². The second kappa shape index (κ2) is 6.99. The van der Waals surface area contributed by atoms with Crippen LogP contribution in [0.15, 0.2) is 11.4 Å². The summed E-state index contributed by atoms with van der Waals surface area (Å²) in [5.74, 6) is 0. The summed E-state index contributed by atoms with van der Waals surface area (Å²) in [5, 5.41) is 6.23. The minimum atomic E-state index is -0.439. The molecule has 2 heterocycles. The van der Waals surface area contributed by atoms with Crippen LogP contribution < -0.4 is 5.32 Å². The first-order valence-electron chi connectivity index (χ1n) is 7.28. The number of ether oxygens (including phenoxy) is 1. The molecule has 0 radical (unpaired) electrons. The van der Waals surface area contributed by atoms with Crippen LogP contribution in [0, 0.1) is 0 Å². The normalized spacial score (nSPS) is 19.6. The zero-order chi connectivity index (χ0) is 15.5. The van der Waals surface area contributed by atoms with Crippen LogP contribution in [0.5, 0.6) is 0 Å². The van der Waals surface area contributed by atoms with Crippen molar-refractivity contribution in [3.8, 4) is 0 Å². The van der Waals surface area contributed by atoms with Gasteiger partial charge in [0.05, 0.1) is 5.02 Å². The second-order valence-electron chi connectivity index (χ2n) is 6.38. The summed E-state index contributed by atoms with van der Waals surface area (Å²) < 4.78 is 5.44. The highest BCUT2D eigenvalue weighted by Gasteiger charge is 2.27. The quantitative estimate of drug-likeness (QED) is 0.914. The number of hydrogen-bond acceptors (Lipinski definition) is 4. The van der Waals surface area contributed by atoms with Gasteiger partial charge in [-0.2, -0.15) is 0 Å². The van der Waals surface area contributed by atoms with E-state index in [-0.39, 0.29) is 6.09 Å². The summed E-state index contributed by atoms with van der Waals surface area (Å²) >= 11 is 7.57. The van der Waals surface area contributed by atoms with Gasteiger partial charge >= 0.3 is 6.09 Å². The van der Waals surface area contributed by atoms with Gasteiger partial charge in [-0.3, -0.25) is 0 Å². The SMILES string of the molecule is CC(C)(C)OC(=O)N1CCCC(NCc2cc(Cl)cs2)C1. The molecule has 0 spiro atoms. The Morgan fingerprint density at radius 2 is 2.33 bits per heavy atom. The fraction of sp³-hybridized carbons (Fsp3) is 0.667. The summed E-state index contributed by atoms with van der Waals surface area (Å²) in [7, 11) is 0. The highest BCUT2D eigenvalue weighted by Crippen LogP contribution is 2.20. The molecule has 1 fully saturated rings. The van der Waals surface area contributed by atoms with Gasteiger partial charge in [-0.05, 0) is 39.7 Å². The summed E-state index contributed by atoms with van der Waals surface area (Å²) in [6.07, 6.45) is 1.87. The Bertz CT molecular complexity index is 484. The Balaban J connectivity index is 1.81. The molecule has 1 amide bonds. The molecule has 1 aromatic heterocycles. The first-order chi connectivity index (χ1) is 9.83. The molecule has 0 saturated carbocycles. The molecule has 118 valence electrons. The van der Waals surface area contributed by atoms with Crippen molar-refractivity contribution in [1.82, 2.24) is 10.2 Å². The monoisotopic (exact) mass is 330 g/mol. The molecular weight excluding hydrogens is 308 g/mol. The Morgan fingerprint density at radius 3 is 2.95 bits per heavy atom. The minimum absolute atomic E-state index is 0.215. The van der Waals surface area contributed by atoms with Gasteiger partial charge in [0.25, 0.3) is 0 Å². The predicted molar refractivity (Wildman–Crippen MR) is 87.0 cm³/mol. The van der Waals surface area contributed by atoms with E-state index in [4.69, 9.17) is 16.3 Å². The summed E-state index contributed by atoms with van der Waals surface area (Å²) in [4.78, 5) is 15.1. The summed E-state index contributed by atoms with van der Waals surface area (Å²) in [5.41, 5.74) is -0.439. The molecule has 1 aliphatic heterocycles. The van der Waals surface area contributed by atoms with Crippen molar-refractivity contribution in [3.05, 3.63) is 21.3 Å². The third-order valence-corrected chi connectivity index (χ3v) is 4.54. The molecular formula is C15H23ClN2O2S. The average Bonchev–Trinajstić information content (AvgIpc) is 2.81. The number of amides is 1. The molecule has 1 atom stereocenters. The molecule has 4 nitrogen and oxygen atoms in total. The number of nitrogens with zero attached hydrogens (tertiary/aromatic N) is 1. The molecule has 0 aromatic carbocycles. The van der Waals surface area contributed by atoms with Crippen molar-refractivity contribution < 1.29 is 9.53 Å². The zero-order valence-corrected chi connectivity index (χ0v) is 14.4. The topological polar surface area (TPSA) is 41.6 Å². The van der Waals surface area contributed by atoms with Crippen LogP contribution in [0.3, 0.4) is 0 Å². The maximum atomic E-state index is 12.1. The van der Waals surface area contributed by atoms with E-state index in [1.54, 1.807) is 16.2 Å². The van der Waals surface area contributed by atoms with Gasteiger partial charge in [-0.25, -0.2) is 4.79 Å². The first-order valence-corrected chi connectivity index (χ1v) is 8.53. The molecule has 1 N–H and O–H groups in total. The second-order valence-corrected chi connectivity index (χ2v) is 7.81. The van der Waals surface area contributed by atoms with Crippen molar-refractivity contribution in [2.24, 2.45) is 0 Å². The van der Waals surface area contributed by atoms with Gasteiger partial charge in [0.15, 0.2) is 0 Å². The molecule has 1 saturated heterocycles. The highest BCUT2D eigenvalue weighted by atomic mass is 35.5. The lowest BCUT2D eigenvalue weighted by Crippen LogP contribution is -2.49. The molecule has 2 rings (SSSR count). The van der Waals surface area contributed by atoms with Gasteiger partial charge in [0, 0.05) is 35.9 Å². The highest BCUT2D eigenvalue weighted by molar-refractivity contribution is 7.10. The van der Waals surface area contributed by atoms with Crippen molar-refractivity contribution in [1.29, 1.82) is 0 Å². The van der Waals surface area contributed by atoms with Crippen LogP contribution in [0.4, 0.5) is 4.79 Å². The largest absolute Gasteiger partial charge is 0.444 e. The van der Waals surface area contributed by atoms with E-state index in [2.05, 4.69) is 5.32 Å². The number of piperidine rings is 1. The number of carbonyl (C=O) groups excluding carboxylic acids is 1. The van der Waals surface area contributed by atoms with Crippen LogP contribution in [0.25, 0.3) is 0 Å². The average molecular weight is 331 g/mol. The van der Waals surface area contributed by atoms with E-state index < -0.39 is 5.60 Å².